The van der Waals surface area contributed by atoms with Gasteiger partial charge in [0.05, 0.1) is 6.42 Å². The van der Waals surface area contributed by atoms with E-state index in [2.05, 4.69) is 0 Å². The molecule has 0 spiro atoms. The monoisotopic (exact) mass is 332 g/mol. The highest BCUT2D eigenvalue weighted by molar-refractivity contribution is 5.68. The minimum Gasteiger partial charge on any atom is -0.463 e. The van der Waals surface area contributed by atoms with Gasteiger partial charge in [-0.15, -0.1) is 0 Å². The van der Waals surface area contributed by atoms with Crippen LogP contribution in [0, 0.1) is 0 Å². The van der Waals surface area contributed by atoms with Gasteiger partial charge >= 0.3 is 23.9 Å². The molecule has 0 radical (unpaired) electrons. The number of esters is 4. The van der Waals surface area contributed by atoms with Crippen LogP contribution in [0.1, 0.15) is 34.1 Å². The summed E-state index contributed by atoms with van der Waals surface area (Å²) in [7, 11) is 0. The fourth-order valence-electron chi connectivity index (χ4n) is 2.16. The largest absolute Gasteiger partial charge is 0.463 e. The third-order valence-electron chi connectivity index (χ3n) is 2.85. The van der Waals surface area contributed by atoms with Crippen LogP contribution >= 0.6 is 0 Å². The predicted molar refractivity (Wildman–Crippen MR) is 72.8 cm³/mol. The third kappa shape index (κ3) is 6.64. The van der Waals surface area contributed by atoms with E-state index in [0.29, 0.717) is 0 Å². The Morgan fingerprint density at radius 3 is 1.91 bits per heavy atom. The zero-order valence-electron chi connectivity index (χ0n) is 13.4. The van der Waals surface area contributed by atoms with E-state index >= 15 is 0 Å². The van der Waals surface area contributed by atoms with Crippen molar-refractivity contribution >= 4 is 23.9 Å². The van der Waals surface area contributed by atoms with E-state index in [1.54, 1.807) is 0 Å². The first-order valence-electron chi connectivity index (χ1n) is 6.99. The first-order chi connectivity index (χ1) is 10.7. The van der Waals surface area contributed by atoms with Gasteiger partial charge in [0.1, 0.15) is 18.8 Å². The van der Waals surface area contributed by atoms with Crippen LogP contribution in [0.2, 0.25) is 0 Å². The summed E-state index contributed by atoms with van der Waals surface area (Å²) >= 11 is 0. The topological polar surface area (TPSA) is 114 Å². The number of hydrogen-bond acceptors (Lipinski definition) is 9. The molecule has 0 aliphatic carbocycles. The maximum Gasteiger partial charge on any atom is 0.304 e. The Kier molecular flexibility index (Phi) is 6.95. The van der Waals surface area contributed by atoms with Crippen molar-refractivity contribution in [3.63, 3.8) is 0 Å². The molecule has 1 aliphatic rings. The average Bonchev–Trinajstić information content (AvgIpc) is 2.37. The molecule has 0 N–H and O–H groups in total. The maximum atomic E-state index is 11.3. The third-order valence-corrected chi connectivity index (χ3v) is 2.85. The normalized spacial score (nSPS) is 26.8. The predicted octanol–water partition coefficient (Wildman–Crippen LogP) is 0.0910. The highest BCUT2D eigenvalue weighted by Gasteiger charge is 2.44. The molecule has 1 aliphatic heterocycles. The van der Waals surface area contributed by atoms with Crippen molar-refractivity contribution in [1.82, 2.24) is 0 Å². The molecule has 23 heavy (non-hydrogen) atoms. The van der Waals surface area contributed by atoms with Crippen molar-refractivity contribution < 1.29 is 42.9 Å². The molecule has 0 bridgehead atoms. The molecule has 9 heteroatoms. The second-order valence-electron chi connectivity index (χ2n) is 4.97. The standard InChI is InChI=1S/C14H20O9/c1-7(15)19-6-12-14(22-10(4)18)11(20-8(2)16)5-13(23-12)21-9(3)17/h11-14H,5-6H2,1-4H3/t11-,12-,13-,14+/m0/s1. The van der Waals surface area contributed by atoms with E-state index in [9.17, 15) is 19.2 Å². The Morgan fingerprint density at radius 1 is 0.870 bits per heavy atom. The molecule has 0 saturated carbocycles. The van der Waals surface area contributed by atoms with Gasteiger partial charge in [0, 0.05) is 27.7 Å². The van der Waals surface area contributed by atoms with Crippen molar-refractivity contribution in [1.29, 1.82) is 0 Å². The average molecular weight is 332 g/mol. The fraction of sp³-hybridized carbons (Fsp3) is 0.714. The van der Waals surface area contributed by atoms with Gasteiger partial charge < -0.3 is 23.7 Å². The Balaban J connectivity index is 2.94. The molecule has 4 atom stereocenters. The number of carbonyl (C=O) groups is 4. The molecule has 0 aromatic heterocycles. The van der Waals surface area contributed by atoms with E-state index in [-0.39, 0.29) is 13.0 Å². The van der Waals surface area contributed by atoms with Gasteiger partial charge in [0.15, 0.2) is 6.10 Å². The van der Waals surface area contributed by atoms with Crippen LogP contribution < -0.4 is 0 Å². The minimum atomic E-state index is -1.01. The zero-order valence-corrected chi connectivity index (χ0v) is 13.4. The zero-order chi connectivity index (χ0) is 17.6. The quantitative estimate of drug-likeness (QED) is 0.510. The van der Waals surface area contributed by atoms with Crippen LogP contribution in [0.5, 0.6) is 0 Å². The lowest BCUT2D eigenvalue weighted by Crippen LogP contribution is -2.54. The highest BCUT2D eigenvalue weighted by atomic mass is 16.7. The Bertz CT molecular complexity index is 473. The van der Waals surface area contributed by atoms with Gasteiger partial charge in [-0.25, -0.2) is 0 Å². The molecule has 1 heterocycles. The Hall–Kier alpha value is -2.16. The van der Waals surface area contributed by atoms with Crippen molar-refractivity contribution in [2.24, 2.45) is 0 Å². The van der Waals surface area contributed by atoms with Crippen LogP contribution in [0.3, 0.4) is 0 Å². The summed E-state index contributed by atoms with van der Waals surface area (Å²) in [5, 5.41) is 0. The summed E-state index contributed by atoms with van der Waals surface area (Å²) in [6, 6.07) is 0. The fourth-order valence-corrected chi connectivity index (χ4v) is 2.16. The summed E-state index contributed by atoms with van der Waals surface area (Å²) in [4.78, 5) is 44.6. The molecule has 130 valence electrons. The number of ether oxygens (including phenoxy) is 5. The van der Waals surface area contributed by atoms with Gasteiger partial charge in [0.25, 0.3) is 0 Å². The van der Waals surface area contributed by atoms with Gasteiger partial charge in [-0.1, -0.05) is 0 Å². The minimum absolute atomic E-state index is 0.00627. The Morgan fingerprint density at radius 2 is 1.43 bits per heavy atom. The molecule has 0 aromatic rings. The number of carbonyl (C=O) groups excluding carboxylic acids is 4. The van der Waals surface area contributed by atoms with E-state index < -0.39 is 48.5 Å². The summed E-state index contributed by atoms with van der Waals surface area (Å²) < 4.78 is 25.6. The SMILES string of the molecule is CC(=O)OC[C@@H]1O[C@H](OC(C)=O)C[C@H](OC(C)=O)[C@H]1OC(C)=O. The summed E-state index contributed by atoms with van der Waals surface area (Å²) in [5.41, 5.74) is 0. The van der Waals surface area contributed by atoms with Crippen LogP contribution in [-0.4, -0.2) is 55.1 Å². The summed E-state index contributed by atoms with van der Waals surface area (Å²) in [5.74, 6) is -2.36. The van der Waals surface area contributed by atoms with E-state index in [1.165, 1.54) is 27.7 Å². The van der Waals surface area contributed by atoms with Crippen molar-refractivity contribution in [3.05, 3.63) is 0 Å². The lowest BCUT2D eigenvalue weighted by atomic mass is 10.0. The van der Waals surface area contributed by atoms with Crippen LogP contribution in [0.15, 0.2) is 0 Å². The molecule has 1 fully saturated rings. The molecule has 1 rings (SSSR count). The van der Waals surface area contributed by atoms with Crippen molar-refractivity contribution in [3.8, 4) is 0 Å². The maximum absolute atomic E-state index is 11.3. The number of rotatable bonds is 5. The van der Waals surface area contributed by atoms with Crippen LogP contribution in [0.25, 0.3) is 0 Å². The molecule has 9 nitrogen and oxygen atoms in total. The van der Waals surface area contributed by atoms with Crippen molar-refractivity contribution in [2.75, 3.05) is 6.61 Å². The van der Waals surface area contributed by atoms with Gasteiger partial charge in [-0.3, -0.25) is 19.2 Å². The summed E-state index contributed by atoms with van der Waals surface area (Å²) in [6.45, 7) is 4.54. The Labute approximate surface area is 133 Å². The molecule has 1 saturated heterocycles. The lowest BCUT2D eigenvalue weighted by molar-refractivity contribution is -0.260. The van der Waals surface area contributed by atoms with Gasteiger partial charge in [0.2, 0.25) is 6.29 Å². The second-order valence-corrected chi connectivity index (χ2v) is 4.97. The van der Waals surface area contributed by atoms with E-state index in [1.807, 2.05) is 0 Å². The van der Waals surface area contributed by atoms with E-state index in [4.69, 9.17) is 23.7 Å². The lowest BCUT2D eigenvalue weighted by Gasteiger charge is -2.39. The molecular formula is C14H20O9. The van der Waals surface area contributed by atoms with Gasteiger partial charge in [-0.05, 0) is 0 Å². The smallest absolute Gasteiger partial charge is 0.304 e. The highest BCUT2D eigenvalue weighted by Crippen LogP contribution is 2.27. The van der Waals surface area contributed by atoms with Crippen molar-refractivity contribution in [2.45, 2.75) is 58.7 Å². The van der Waals surface area contributed by atoms with Crippen LogP contribution in [-0.2, 0) is 42.9 Å². The first-order valence-corrected chi connectivity index (χ1v) is 6.99. The summed E-state index contributed by atoms with van der Waals surface area (Å²) in [6.07, 6.45) is -3.83. The molecule has 0 unspecified atom stereocenters. The first kappa shape index (κ1) is 18.9. The van der Waals surface area contributed by atoms with Gasteiger partial charge in [-0.2, -0.15) is 0 Å². The molecular weight excluding hydrogens is 312 g/mol. The van der Waals surface area contributed by atoms with Crippen LogP contribution in [0.4, 0.5) is 0 Å². The van der Waals surface area contributed by atoms with E-state index in [0.717, 1.165) is 0 Å². The number of hydrogen-bond donors (Lipinski definition) is 0. The molecule has 0 aromatic carbocycles. The molecule has 0 amide bonds. The second kappa shape index (κ2) is 8.47.